The van der Waals surface area contributed by atoms with E-state index in [1.807, 2.05) is 87.5 Å². The lowest BCUT2D eigenvalue weighted by molar-refractivity contribution is -0.141. The maximum Gasteiger partial charge on any atom is 0.243 e. The Morgan fingerprint density at radius 3 is 2.24 bits per heavy atom. The Balaban J connectivity index is 1.90. The van der Waals surface area contributed by atoms with Gasteiger partial charge in [-0.15, -0.1) is 0 Å². The van der Waals surface area contributed by atoms with Crippen LogP contribution < -0.4 is 14.4 Å². The molecular formula is C33H43N3O5S. The van der Waals surface area contributed by atoms with E-state index in [4.69, 9.17) is 4.74 Å². The van der Waals surface area contributed by atoms with Crippen LogP contribution in [0.5, 0.6) is 5.75 Å². The van der Waals surface area contributed by atoms with E-state index in [0.29, 0.717) is 24.3 Å². The summed E-state index contributed by atoms with van der Waals surface area (Å²) in [6, 6.07) is 23.5. The number of rotatable bonds is 15. The molecule has 0 saturated carbocycles. The average molecular weight is 594 g/mol. The second-order valence-electron chi connectivity index (χ2n) is 10.7. The number of carbonyl (C=O) groups is 2. The van der Waals surface area contributed by atoms with Gasteiger partial charge in [0.2, 0.25) is 21.8 Å². The highest BCUT2D eigenvalue weighted by Crippen LogP contribution is 2.22. The van der Waals surface area contributed by atoms with Crippen LogP contribution in [0.15, 0.2) is 78.9 Å². The second kappa shape index (κ2) is 15.4. The zero-order valence-corrected chi connectivity index (χ0v) is 26.1. The van der Waals surface area contributed by atoms with Gasteiger partial charge in [0.1, 0.15) is 11.8 Å². The fraction of sp³-hybridized carbons (Fsp3) is 0.394. The normalized spacial score (nSPS) is 12.7. The Kier molecular flexibility index (Phi) is 12.0. The molecule has 1 N–H and O–H groups in total. The molecule has 0 fully saturated rings. The number of benzene rings is 3. The summed E-state index contributed by atoms with van der Waals surface area (Å²) in [6.07, 6.45) is 2.63. The highest BCUT2D eigenvalue weighted by atomic mass is 32.2. The summed E-state index contributed by atoms with van der Waals surface area (Å²) in [6.45, 7) is 6.22. The largest absolute Gasteiger partial charge is 0.497 e. The van der Waals surface area contributed by atoms with Crippen LogP contribution in [0.2, 0.25) is 0 Å². The number of sulfonamides is 1. The number of anilines is 1. The third-order valence-electron chi connectivity index (χ3n) is 7.23. The van der Waals surface area contributed by atoms with E-state index in [9.17, 15) is 18.0 Å². The van der Waals surface area contributed by atoms with Gasteiger partial charge in [0.05, 0.1) is 19.1 Å². The zero-order valence-electron chi connectivity index (χ0n) is 25.2. The number of carbonyl (C=O) groups excluding carboxylic acids is 2. The van der Waals surface area contributed by atoms with Crippen molar-refractivity contribution in [3.8, 4) is 5.75 Å². The van der Waals surface area contributed by atoms with Crippen molar-refractivity contribution < 1.29 is 22.7 Å². The summed E-state index contributed by atoms with van der Waals surface area (Å²) in [5.74, 6) is 0.211. The maximum atomic E-state index is 14.0. The highest BCUT2D eigenvalue weighted by Gasteiger charge is 2.31. The summed E-state index contributed by atoms with van der Waals surface area (Å²) in [4.78, 5) is 29.3. The Bertz CT molecular complexity index is 1410. The first kappa shape index (κ1) is 32.7. The molecule has 9 heteroatoms. The van der Waals surface area contributed by atoms with Crippen LogP contribution in [-0.2, 0) is 32.6 Å². The third kappa shape index (κ3) is 9.62. The first-order valence-corrected chi connectivity index (χ1v) is 16.2. The summed E-state index contributed by atoms with van der Waals surface area (Å²) >= 11 is 0. The topological polar surface area (TPSA) is 96.0 Å². The maximum absolute atomic E-state index is 14.0. The van der Waals surface area contributed by atoms with Gasteiger partial charge in [0, 0.05) is 32.0 Å². The van der Waals surface area contributed by atoms with Crippen molar-refractivity contribution in [3.63, 3.8) is 0 Å². The monoisotopic (exact) mass is 593 g/mol. The number of aryl methyl sites for hydroxylation is 1. The number of methoxy groups -OCH3 is 1. The number of hydrogen-bond acceptors (Lipinski definition) is 5. The van der Waals surface area contributed by atoms with Crippen molar-refractivity contribution >= 4 is 27.5 Å². The summed E-state index contributed by atoms with van der Waals surface area (Å²) in [7, 11) is -1.98. The molecule has 3 aromatic carbocycles. The van der Waals surface area contributed by atoms with Gasteiger partial charge < -0.3 is 15.0 Å². The molecule has 0 radical (unpaired) electrons. The molecule has 0 saturated heterocycles. The molecule has 3 aromatic rings. The Morgan fingerprint density at radius 2 is 1.62 bits per heavy atom. The van der Waals surface area contributed by atoms with E-state index in [-0.39, 0.29) is 37.4 Å². The van der Waals surface area contributed by atoms with Gasteiger partial charge in [0.25, 0.3) is 0 Å². The first-order valence-electron chi connectivity index (χ1n) is 14.3. The average Bonchev–Trinajstić information content (AvgIpc) is 2.97. The number of nitrogens with one attached hydrogen (secondary N) is 1. The minimum atomic E-state index is -3.56. The Labute approximate surface area is 250 Å². The Hall–Kier alpha value is -3.85. The van der Waals surface area contributed by atoms with Crippen molar-refractivity contribution in [1.82, 2.24) is 10.2 Å². The number of nitrogens with zero attached hydrogens (tertiary/aromatic N) is 2. The van der Waals surface area contributed by atoms with Crippen LogP contribution in [0.3, 0.4) is 0 Å². The molecule has 2 amide bonds. The third-order valence-corrected chi connectivity index (χ3v) is 8.43. The molecule has 3 rings (SSSR count). The van der Waals surface area contributed by atoms with Gasteiger partial charge in [-0.3, -0.25) is 13.9 Å². The number of hydrogen-bond donors (Lipinski definition) is 1. The van der Waals surface area contributed by atoms with E-state index in [2.05, 4.69) is 5.32 Å². The summed E-state index contributed by atoms with van der Waals surface area (Å²) in [5.41, 5.74) is 3.34. The van der Waals surface area contributed by atoms with Crippen molar-refractivity contribution in [2.24, 2.45) is 0 Å². The van der Waals surface area contributed by atoms with Gasteiger partial charge in [-0.1, -0.05) is 67.1 Å². The van der Waals surface area contributed by atoms with E-state index in [1.54, 1.807) is 24.1 Å². The van der Waals surface area contributed by atoms with E-state index in [0.717, 1.165) is 23.1 Å². The first-order chi connectivity index (χ1) is 20.0. The smallest absolute Gasteiger partial charge is 0.243 e. The molecule has 0 bridgehead atoms. The van der Waals surface area contributed by atoms with Gasteiger partial charge in [-0.05, 0) is 62.1 Å². The van der Waals surface area contributed by atoms with Crippen molar-refractivity contribution in [1.29, 1.82) is 0 Å². The van der Waals surface area contributed by atoms with E-state index < -0.39 is 16.1 Å². The van der Waals surface area contributed by atoms with E-state index >= 15 is 0 Å². The minimum Gasteiger partial charge on any atom is -0.497 e. The minimum absolute atomic E-state index is 0.0534. The second-order valence-corrected chi connectivity index (χ2v) is 12.6. The molecule has 0 aliphatic heterocycles. The molecule has 0 aliphatic rings. The standard InChI is InChI=1S/C33H43N3O5S/c1-6-26(3)34-33(38)31(23-27-12-8-7-9-13-27)35(24-28-14-10-15-30(22-28)41-4)32(37)16-11-21-36(42(5,39)40)29-19-17-25(2)18-20-29/h7-10,12-15,17-20,22,26,31H,6,11,16,21,23-24H2,1-5H3,(H,34,38)/t26-,31+/m0/s1. The quantitative estimate of drug-likeness (QED) is 0.264. The lowest BCUT2D eigenvalue weighted by atomic mass is 10.0. The Morgan fingerprint density at radius 1 is 0.952 bits per heavy atom. The zero-order chi connectivity index (χ0) is 30.7. The van der Waals surface area contributed by atoms with Crippen molar-refractivity contribution in [2.75, 3.05) is 24.2 Å². The molecule has 2 atom stereocenters. The number of amides is 2. The lowest BCUT2D eigenvalue weighted by Gasteiger charge is -2.33. The van der Waals surface area contributed by atoms with Gasteiger partial charge in [0.15, 0.2) is 0 Å². The SMILES string of the molecule is CC[C@H](C)NC(=O)[C@@H](Cc1ccccc1)N(Cc1cccc(OC)c1)C(=O)CCCN(c1ccc(C)cc1)S(C)(=O)=O. The van der Waals surface area contributed by atoms with Crippen molar-refractivity contribution in [2.45, 2.75) is 65.1 Å². The summed E-state index contributed by atoms with van der Waals surface area (Å²) in [5, 5.41) is 3.07. The van der Waals surface area contributed by atoms with Crippen LogP contribution in [0.1, 0.15) is 49.8 Å². The van der Waals surface area contributed by atoms with Crippen LogP contribution >= 0.6 is 0 Å². The molecule has 42 heavy (non-hydrogen) atoms. The lowest BCUT2D eigenvalue weighted by Crippen LogP contribution is -2.52. The molecule has 226 valence electrons. The van der Waals surface area contributed by atoms with Crippen LogP contribution in [0.4, 0.5) is 5.69 Å². The van der Waals surface area contributed by atoms with Gasteiger partial charge >= 0.3 is 0 Å². The summed E-state index contributed by atoms with van der Waals surface area (Å²) < 4.78 is 32.0. The molecule has 8 nitrogen and oxygen atoms in total. The van der Waals surface area contributed by atoms with E-state index in [1.165, 1.54) is 10.6 Å². The predicted molar refractivity (Wildman–Crippen MR) is 168 cm³/mol. The fourth-order valence-corrected chi connectivity index (χ4v) is 5.64. The molecule has 0 heterocycles. The fourth-order valence-electron chi connectivity index (χ4n) is 4.68. The molecular weight excluding hydrogens is 550 g/mol. The van der Waals surface area contributed by atoms with Crippen LogP contribution in [-0.4, -0.2) is 57.1 Å². The molecule has 0 spiro atoms. The van der Waals surface area contributed by atoms with Crippen LogP contribution in [0, 0.1) is 6.92 Å². The molecule has 0 unspecified atom stereocenters. The highest BCUT2D eigenvalue weighted by molar-refractivity contribution is 7.92. The van der Waals surface area contributed by atoms with Crippen LogP contribution in [0.25, 0.3) is 0 Å². The van der Waals surface area contributed by atoms with Gasteiger partial charge in [-0.2, -0.15) is 0 Å². The number of ether oxygens (including phenoxy) is 1. The van der Waals surface area contributed by atoms with Gasteiger partial charge in [-0.25, -0.2) is 8.42 Å². The predicted octanol–water partition coefficient (Wildman–Crippen LogP) is 5.10. The molecule has 0 aromatic heterocycles. The molecule has 0 aliphatic carbocycles. The van der Waals surface area contributed by atoms with Crippen molar-refractivity contribution in [3.05, 3.63) is 95.6 Å².